The summed E-state index contributed by atoms with van der Waals surface area (Å²) in [4.78, 5) is 4.69. The van der Waals surface area contributed by atoms with Crippen LogP contribution in [-0.4, -0.2) is 28.3 Å². The lowest BCUT2D eigenvalue weighted by Crippen LogP contribution is -2.45. The van der Waals surface area contributed by atoms with E-state index in [9.17, 15) is 0 Å². The molecule has 1 unspecified atom stereocenters. The molecule has 20 heavy (non-hydrogen) atoms. The van der Waals surface area contributed by atoms with E-state index >= 15 is 0 Å². The highest BCUT2D eigenvalue weighted by molar-refractivity contribution is 5.75. The number of nitrogens with zero attached hydrogens (tertiary/aromatic N) is 2. The third-order valence-corrected chi connectivity index (χ3v) is 4.66. The number of methoxy groups -OCH3 is 1. The molecule has 4 nitrogen and oxygen atoms in total. The molecule has 1 aliphatic rings. The fourth-order valence-corrected chi connectivity index (χ4v) is 3.23. The van der Waals surface area contributed by atoms with E-state index in [0.717, 1.165) is 37.0 Å². The maximum absolute atomic E-state index is 6.33. The van der Waals surface area contributed by atoms with Gasteiger partial charge >= 0.3 is 0 Å². The van der Waals surface area contributed by atoms with Crippen LogP contribution in [0, 0.1) is 0 Å². The van der Waals surface area contributed by atoms with Crippen molar-refractivity contribution in [2.45, 2.75) is 43.7 Å². The molecule has 1 fully saturated rings. The summed E-state index contributed by atoms with van der Waals surface area (Å²) in [5, 5.41) is 0. The molecule has 0 spiro atoms. The van der Waals surface area contributed by atoms with Gasteiger partial charge in [0.2, 0.25) is 0 Å². The Morgan fingerprint density at radius 3 is 2.75 bits per heavy atom. The lowest BCUT2D eigenvalue weighted by Gasteiger charge is -2.42. The number of hydrogen-bond donors (Lipinski definition) is 1. The third-order valence-electron chi connectivity index (χ3n) is 4.66. The number of para-hydroxylation sites is 2. The highest BCUT2D eigenvalue weighted by Crippen LogP contribution is 2.38. The predicted molar refractivity (Wildman–Crippen MR) is 80.6 cm³/mol. The van der Waals surface area contributed by atoms with Gasteiger partial charge in [-0.2, -0.15) is 0 Å². The lowest BCUT2D eigenvalue weighted by atomic mass is 9.75. The molecule has 0 bridgehead atoms. The first-order valence-corrected chi connectivity index (χ1v) is 7.35. The van der Waals surface area contributed by atoms with Gasteiger partial charge in [0.1, 0.15) is 5.82 Å². The van der Waals surface area contributed by atoms with Gasteiger partial charge in [0.05, 0.1) is 16.6 Å². The van der Waals surface area contributed by atoms with Crippen LogP contribution in [0.2, 0.25) is 0 Å². The average Bonchev–Trinajstić information content (AvgIpc) is 2.71. The van der Waals surface area contributed by atoms with E-state index in [1.807, 2.05) is 18.2 Å². The number of imidazole rings is 1. The van der Waals surface area contributed by atoms with Gasteiger partial charge in [-0.3, -0.25) is 0 Å². The Hall–Kier alpha value is -1.39. The van der Waals surface area contributed by atoms with Crippen molar-refractivity contribution in [1.29, 1.82) is 0 Å². The highest BCUT2D eigenvalue weighted by atomic mass is 16.5. The second kappa shape index (κ2) is 5.19. The zero-order valence-electron chi connectivity index (χ0n) is 12.3. The minimum absolute atomic E-state index is 0.0317. The first-order chi connectivity index (χ1) is 9.63. The van der Waals surface area contributed by atoms with Crippen LogP contribution in [0.1, 0.15) is 31.5 Å². The molecular formula is C16H23N3O. The van der Waals surface area contributed by atoms with E-state index in [1.54, 1.807) is 7.11 Å². The maximum atomic E-state index is 6.33. The summed E-state index contributed by atoms with van der Waals surface area (Å²) in [6.45, 7) is 0. The molecule has 2 aromatic rings. The van der Waals surface area contributed by atoms with Crippen molar-refractivity contribution in [3.63, 3.8) is 0 Å². The summed E-state index contributed by atoms with van der Waals surface area (Å²) < 4.78 is 7.81. The fraction of sp³-hybridized carbons (Fsp3) is 0.562. The minimum Gasteiger partial charge on any atom is -0.378 e. The highest BCUT2D eigenvalue weighted by Gasteiger charge is 2.38. The molecule has 4 heteroatoms. The minimum atomic E-state index is 0.0317. The number of fused-ring (bicyclic) bond motifs is 1. The summed E-state index contributed by atoms with van der Waals surface area (Å²) >= 11 is 0. The fourth-order valence-electron chi connectivity index (χ4n) is 3.23. The van der Waals surface area contributed by atoms with Crippen LogP contribution in [0.5, 0.6) is 0 Å². The number of hydrogen-bond acceptors (Lipinski definition) is 3. The number of nitrogens with two attached hydrogens (primary N) is 1. The standard InChI is InChI=1S/C16H23N3O/c1-19-14-7-4-3-6-13(14)18-15(19)10-12(17)11-16(20-2)8-5-9-16/h3-4,6-7,12H,5,8-11,17H2,1-2H3. The molecule has 0 amide bonds. The summed E-state index contributed by atoms with van der Waals surface area (Å²) in [6, 6.07) is 8.31. The molecule has 0 aliphatic heterocycles. The van der Waals surface area contributed by atoms with Gasteiger partial charge in [-0.1, -0.05) is 12.1 Å². The number of aromatic nitrogens is 2. The summed E-state index contributed by atoms with van der Waals surface area (Å²) in [6.07, 6.45) is 5.26. The van der Waals surface area contributed by atoms with Crippen LogP contribution in [0.25, 0.3) is 11.0 Å². The normalized spacial score (nSPS) is 18.9. The van der Waals surface area contributed by atoms with Gasteiger partial charge in [0, 0.05) is 26.6 Å². The predicted octanol–water partition coefficient (Wildman–Crippen LogP) is 2.40. The van der Waals surface area contributed by atoms with Crippen LogP contribution >= 0.6 is 0 Å². The Kier molecular flexibility index (Phi) is 3.52. The first-order valence-electron chi connectivity index (χ1n) is 7.35. The van der Waals surface area contributed by atoms with E-state index in [0.29, 0.717) is 0 Å². The van der Waals surface area contributed by atoms with Gasteiger partial charge in [0.25, 0.3) is 0 Å². The topological polar surface area (TPSA) is 53.1 Å². The van der Waals surface area contributed by atoms with Gasteiger partial charge in [-0.05, 0) is 37.8 Å². The largest absolute Gasteiger partial charge is 0.378 e. The van der Waals surface area contributed by atoms with Crippen molar-refractivity contribution < 1.29 is 4.74 Å². The van der Waals surface area contributed by atoms with Gasteiger partial charge in [-0.15, -0.1) is 0 Å². The first kappa shape index (κ1) is 13.6. The molecule has 1 heterocycles. The number of ether oxygens (including phenoxy) is 1. The molecule has 0 radical (unpaired) electrons. The van der Waals surface area contributed by atoms with Crippen molar-refractivity contribution in [3.8, 4) is 0 Å². The van der Waals surface area contributed by atoms with Crippen LogP contribution in [-0.2, 0) is 18.2 Å². The zero-order chi connectivity index (χ0) is 14.2. The molecule has 1 aromatic heterocycles. The second-order valence-corrected chi connectivity index (χ2v) is 5.98. The van der Waals surface area contributed by atoms with E-state index in [2.05, 4.69) is 17.7 Å². The molecule has 0 saturated heterocycles. The molecule has 2 N–H and O–H groups in total. The van der Waals surface area contributed by atoms with Gasteiger partial charge < -0.3 is 15.0 Å². The molecule has 1 aromatic carbocycles. The van der Waals surface area contributed by atoms with Gasteiger partial charge in [0.15, 0.2) is 0 Å². The van der Waals surface area contributed by atoms with Crippen LogP contribution < -0.4 is 5.73 Å². The Labute approximate surface area is 119 Å². The van der Waals surface area contributed by atoms with Crippen molar-refractivity contribution in [2.75, 3.05) is 7.11 Å². The van der Waals surface area contributed by atoms with Crippen LogP contribution in [0.3, 0.4) is 0 Å². The average molecular weight is 273 g/mol. The van der Waals surface area contributed by atoms with Crippen molar-refractivity contribution in [1.82, 2.24) is 9.55 Å². The van der Waals surface area contributed by atoms with E-state index in [4.69, 9.17) is 15.5 Å². The quantitative estimate of drug-likeness (QED) is 0.910. The summed E-state index contributed by atoms with van der Waals surface area (Å²) in [7, 11) is 3.87. The maximum Gasteiger partial charge on any atom is 0.111 e. The Morgan fingerprint density at radius 2 is 2.15 bits per heavy atom. The molecule has 108 valence electrons. The van der Waals surface area contributed by atoms with E-state index in [-0.39, 0.29) is 11.6 Å². The molecule has 3 rings (SSSR count). The Bertz CT molecular complexity index is 595. The lowest BCUT2D eigenvalue weighted by molar-refractivity contribution is -0.0814. The summed E-state index contributed by atoms with van der Waals surface area (Å²) in [5.74, 6) is 1.06. The molecule has 1 atom stereocenters. The zero-order valence-corrected chi connectivity index (χ0v) is 12.3. The number of benzene rings is 1. The Morgan fingerprint density at radius 1 is 1.40 bits per heavy atom. The monoisotopic (exact) mass is 273 g/mol. The molecule has 1 aliphatic carbocycles. The number of aryl methyl sites for hydroxylation is 1. The van der Waals surface area contributed by atoms with Crippen molar-refractivity contribution in [3.05, 3.63) is 30.1 Å². The van der Waals surface area contributed by atoms with Crippen molar-refractivity contribution >= 4 is 11.0 Å². The Balaban J connectivity index is 1.74. The van der Waals surface area contributed by atoms with Crippen LogP contribution in [0.15, 0.2) is 24.3 Å². The smallest absolute Gasteiger partial charge is 0.111 e. The molecule has 1 saturated carbocycles. The van der Waals surface area contributed by atoms with E-state index < -0.39 is 0 Å². The van der Waals surface area contributed by atoms with Crippen LogP contribution in [0.4, 0.5) is 0 Å². The molecular weight excluding hydrogens is 250 g/mol. The van der Waals surface area contributed by atoms with Crippen molar-refractivity contribution in [2.24, 2.45) is 12.8 Å². The summed E-state index contributed by atoms with van der Waals surface area (Å²) in [5.41, 5.74) is 8.58. The van der Waals surface area contributed by atoms with E-state index in [1.165, 1.54) is 11.9 Å². The second-order valence-electron chi connectivity index (χ2n) is 5.98. The van der Waals surface area contributed by atoms with Gasteiger partial charge in [-0.25, -0.2) is 4.98 Å². The SMILES string of the molecule is COC1(CC(N)Cc2nc3ccccc3n2C)CCC1. The number of rotatable bonds is 5. The third kappa shape index (κ3) is 2.34.